The Hall–Kier alpha value is -2.01. The molecule has 3 aromatic heterocycles. The van der Waals surface area contributed by atoms with E-state index in [0.717, 1.165) is 12.8 Å². The standard InChI is InChI=1S/C15H13BrF2N6OS/c16-14-19-5-11(26-14)13(25)23-3-1-2-8(6-23)10-4-9(12(17)18)22-15-20-7-21-24(10)15/h4-5,7-8,12H,1-3,6H2/t8-/m0/s1. The van der Waals surface area contributed by atoms with Crippen LogP contribution in [0.2, 0.25) is 0 Å². The summed E-state index contributed by atoms with van der Waals surface area (Å²) >= 11 is 4.53. The Kier molecular flexibility index (Phi) is 4.65. The summed E-state index contributed by atoms with van der Waals surface area (Å²) in [4.78, 5) is 26.8. The normalized spacial score (nSPS) is 18.0. The smallest absolute Gasteiger partial charge is 0.280 e. The first-order chi connectivity index (χ1) is 12.5. The van der Waals surface area contributed by atoms with Crippen molar-refractivity contribution >= 4 is 39.0 Å². The van der Waals surface area contributed by atoms with Crippen molar-refractivity contribution in [3.63, 3.8) is 0 Å². The van der Waals surface area contributed by atoms with E-state index in [2.05, 4.69) is 36.0 Å². The van der Waals surface area contributed by atoms with Gasteiger partial charge in [-0.15, -0.1) is 11.3 Å². The first kappa shape index (κ1) is 17.4. The monoisotopic (exact) mass is 442 g/mol. The van der Waals surface area contributed by atoms with E-state index in [1.165, 1.54) is 34.4 Å². The van der Waals surface area contributed by atoms with Crippen LogP contribution in [0.15, 0.2) is 22.5 Å². The second kappa shape index (κ2) is 6.95. The highest BCUT2D eigenvalue weighted by Crippen LogP contribution is 2.30. The van der Waals surface area contributed by atoms with Crippen LogP contribution in [0.1, 0.15) is 46.2 Å². The lowest BCUT2D eigenvalue weighted by molar-refractivity contribution is 0.0709. The third-order valence-corrected chi connectivity index (χ3v) is 5.80. The molecule has 4 heterocycles. The van der Waals surface area contributed by atoms with E-state index in [-0.39, 0.29) is 23.3 Å². The van der Waals surface area contributed by atoms with Gasteiger partial charge in [0.1, 0.15) is 16.9 Å². The Morgan fingerprint density at radius 1 is 1.38 bits per heavy atom. The fraction of sp³-hybridized carbons (Fsp3) is 0.400. The van der Waals surface area contributed by atoms with Crippen LogP contribution in [0.3, 0.4) is 0 Å². The molecule has 1 aliphatic rings. The first-order valence-electron chi connectivity index (χ1n) is 7.92. The van der Waals surface area contributed by atoms with Gasteiger partial charge in [-0.05, 0) is 34.8 Å². The summed E-state index contributed by atoms with van der Waals surface area (Å²) in [5, 5.41) is 4.11. The van der Waals surface area contributed by atoms with Gasteiger partial charge in [-0.2, -0.15) is 10.1 Å². The van der Waals surface area contributed by atoms with Crippen molar-refractivity contribution in [3.8, 4) is 0 Å². The molecule has 0 aromatic carbocycles. The first-order valence-corrected chi connectivity index (χ1v) is 9.53. The molecule has 136 valence electrons. The third kappa shape index (κ3) is 3.20. The van der Waals surface area contributed by atoms with Crippen molar-refractivity contribution in [2.75, 3.05) is 13.1 Å². The highest BCUT2D eigenvalue weighted by atomic mass is 79.9. The molecule has 1 atom stereocenters. The number of nitrogens with zero attached hydrogens (tertiary/aromatic N) is 6. The molecule has 3 aromatic rings. The number of halogens is 3. The molecular formula is C15H13BrF2N6OS. The summed E-state index contributed by atoms with van der Waals surface area (Å²) in [6.45, 7) is 1.05. The van der Waals surface area contributed by atoms with Crippen molar-refractivity contribution in [2.45, 2.75) is 25.2 Å². The molecule has 1 saturated heterocycles. The summed E-state index contributed by atoms with van der Waals surface area (Å²) in [7, 11) is 0. The number of likely N-dealkylation sites (tertiary alicyclic amines) is 1. The van der Waals surface area contributed by atoms with Gasteiger partial charge in [0.15, 0.2) is 3.92 Å². The Morgan fingerprint density at radius 2 is 2.23 bits per heavy atom. The van der Waals surface area contributed by atoms with Crippen molar-refractivity contribution in [1.29, 1.82) is 0 Å². The molecule has 0 spiro atoms. The topological polar surface area (TPSA) is 76.3 Å². The molecule has 11 heteroatoms. The molecule has 0 bridgehead atoms. The fourth-order valence-corrected chi connectivity index (χ4v) is 4.40. The molecule has 1 amide bonds. The quantitative estimate of drug-likeness (QED) is 0.621. The van der Waals surface area contributed by atoms with Gasteiger partial charge in [0.2, 0.25) is 0 Å². The van der Waals surface area contributed by atoms with E-state index in [9.17, 15) is 13.6 Å². The number of carbonyl (C=O) groups is 1. The molecule has 1 aliphatic heterocycles. The number of rotatable bonds is 3. The van der Waals surface area contributed by atoms with Crippen molar-refractivity contribution in [1.82, 2.24) is 29.5 Å². The van der Waals surface area contributed by atoms with E-state index >= 15 is 0 Å². The number of alkyl halides is 2. The van der Waals surface area contributed by atoms with Crippen molar-refractivity contribution in [3.05, 3.63) is 38.8 Å². The highest BCUT2D eigenvalue weighted by Gasteiger charge is 2.29. The molecule has 1 fully saturated rings. The lowest BCUT2D eigenvalue weighted by Crippen LogP contribution is -2.39. The Balaban J connectivity index is 1.65. The van der Waals surface area contributed by atoms with Gasteiger partial charge in [0, 0.05) is 19.0 Å². The van der Waals surface area contributed by atoms with Crippen LogP contribution >= 0.6 is 27.3 Å². The van der Waals surface area contributed by atoms with Gasteiger partial charge in [-0.1, -0.05) is 0 Å². The molecule has 0 aliphatic carbocycles. The predicted octanol–water partition coefficient (Wildman–Crippen LogP) is 3.30. The Bertz CT molecular complexity index is 961. The minimum Gasteiger partial charge on any atom is -0.337 e. The van der Waals surface area contributed by atoms with E-state index in [1.54, 1.807) is 4.90 Å². The molecule has 0 saturated carbocycles. The molecule has 0 N–H and O–H groups in total. The second-order valence-electron chi connectivity index (χ2n) is 5.95. The maximum Gasteiger partial charge on any atom is 0.280 e. The number of hydrogen-bond acceptors (Lipinski definition) is 6. The molecule has 26 heavy (non-hydrogen) atoms. The lowest BCUT2D eigenvalue weighted by Gasteiger charge is -2.32. The van der Waals surface area contributed by atoms with Crippen molar-refractivity contribution < 1.29 is 13.6 Å². The second-order valence-corrected chi connectivity index (χ2v) is 8.25. The predicted molar refractivity (Wildman–Crippen MR) is 93.4 cm³/mol. The van der Waals surface area contributed by atoms with Gasteiger partial charge >= 0.3 is 0 Å². The Labute approximate surface area is 159 Å². The van der Waals surface area contributed by atoms with E-state index in [4.69, 9.17) is 0 Å². The van der Waals surface area contributed by atoms with Gasteiger partial charge in [-0.25, -0.2) is 23.3 Å². The number of hydrogen-bond donors (Lipinski definition) is 0. The van der Waals surface area contributed by atoms with Crippen molar-refractivity contribution in [2.24, 2.45) is 0 Å². The highest BCUT2D eigenvalue weighted by molar-refractivity contribution is 9.11. The zero-order chi connectivity index (χ0) is 18.3. The average molecular weight is 443 g/mol. The van der Waals surface area contributed by atoms with E-state index < -0.39 is 6.43 Å². The number of thiazole rings is 1. The number of piperidine rings is 1. The maximum absolute atomic E-state index is 13.2. The van der Waals surface area contributed by atoms with Crippen LogP contribution in [0.5, 0.6) is 0 Å². The lowest BCUT2D eigenvalue weighted by atomic mass is 9.94. The minimum absolute atomic E-state index is 0.101. The van der Waals surface area contributed by atoms with Gasteiger partial charge < -0.3 is 4.90 Å². The minimum atomic E-state index is -2.69. The zero-order valence-corrected chi connectivity index (χ0v) is 15.8. The van der Waals surface area contributed by atoms with E-state index in [0.29, 0.717) is 27.6 Å². The van der Waals surface area contributed by atoms with Crippen LogP contribution in [-0.2, 0) is 0 Å². The Morgan fingerprint density at radius 3 is 2.96 bits per heavy atom. The summed E-state index contributed by atoms with van der Waals surface area (Å²) in [5.74, 6) is -0.0720. The van der Waals surface area contributed by atoms with Gasteiger partial charge in [0.25, 0.3) is 18.1 Å². The van der Waals surface area contributed by atoms with Gasteiger partial charge in [0.05, 0.1) is 11.9 Å². The van der Waals surface area contributed by atoms with Crippen LogP contribution < -0.4 is 0 Å². The van der Waals surface area contributed by atoms with Crippen LogP contribution in [0.25, 0.3) is 5.78 Å². The van der Waals surface area contributed by atoms with Crippen LogP contribution in [0.4, 0.5) is 8.78 Å². The maximum atomic E-state index is 13.2. The molecule has 7 nitrogen and oxygen atoms in total. The number of aromatic nitrogens is 5. The zero-order valence-electron chi connectivity index (χ0n) is 13.3. The molecule has 0 unspecified atom stereocenters. The van der Waals surface area contributed by atoms with E-state index in [1.807, 2.05) is 0 Å². The molecule has 4 rings (SSSR count). The summed E-state index contributed by atoms with van der Waals surface area (Å²) in [6, 6.07) is 1.37. The summed E-state index contributed by atoms with van der Waals surface area (Å²) < 4.78 is 28.5. The molecule has 0 radical (unpaired) electrons. The molecular weight excluding hydrogens is 430 g/mol. The number of fused-ring (bicyclic) bond motifs is 1. The van der Waals surface area contributed by atoms with Crippen LogP contribution in [0, 0.1) is 0 Å². The fourth-order valence-electron chi connectivity index (χ4n) is 3.17. The average Bonchev–Trinajstić information content (AvgIpc) is 3.29. The SMILES string of the molecule is O=C(c1cnc(Br)s1)N1CCC[C@H](c2cc(C(F)F)nc3ncnn23)C1. The van der Waals surface area contributed by atoms with Gasteiger partial charge in [-0.3, -0.25) is 4.79 Å². The number of amides is 1. The largest absolute Gasteiger partial charge is 0.337 e. The van der Waals surface area contributed by atoms with Crippen LogP contribution in [-0.4, -0.2) is 48.5 Å². The number of carbonyl (C=O) groups excluding carboxylic acids is 1. The summed E-state index contributed by atoms with van der Waals surface area (Å²) in [6.07, 6.45) is 1.70. The third-order valence-electron chi connectivity index (χ3n) is 4.34. The summed E-state index contributed by atoms with van der Waals surface area (Å²) in [5.41, 5.74) is 0.279.